The van der Waals surface area contributed by atoms with Gasteiger partial charge in [-0.15, -0.1) is 0 Å². The van der Waals surface area contributed by atoms with Crippen LogP contribution in [0.5, 0.6) is 0 Å². The van der Waals surface area contributed by atoms with Crippen molar-refractivity contribution in [1.29, 1.82) is 0 Å². The molecule has 6 nitrogen and oxygen atoms in total. The van der Waals surface area contributed by atoms with Gasteiger partial charge in [0.2, 0.25) is 0 Å². The molecule has 0 radical (unpaired) electrons. The van der Waals surface area contributed by atoms with Gasteiger partial charge in [-0.3, -0.25) is 0 Å². The van der Waals surface area contributed by atoms with Gasteiger partial charge in [0, 0.05) is 5.92 Å². The first-order valence-electron chi connectivity index (χ1n) is 11.9. The number of ether oxygens (including phenoxy) is 1. The molecule has 0 aliphatic heterocycles. The summed E-state index contributed by atoms with van der Waals surface area (Å²) in [6.45, 7) is 7.88. The highest BCUT2D eigenvalue weighted by molar-refractivity contribution is 5.89. The van der Waals surface area contributed by atoms with Crippen LogP contribution < -0.4 is 0 Å². The summed E-state index contributed by atoms with van der Waals surface area (Å²) in [6, 6.07) is 8.59. The summed E-state index contributed by atoms with van der Waals surface area (Å²) in [5, 5.41) is 46.5. The van der Waals surface area contributed by atoms with E-state index in [4.69, 9.17) is 4.74 Å². The van der Waals surface area contributed by atoms with E-state index in [1.165, 1.54) is 0 Å². The zero-order chi connectivity index (χ0) is 23.9. The monoisotopic (exact) mass is 454 g/mol. The quantitative estimate of drug-likeness (QED) is 0.413. The van der Waals surface area contributed by atoms with Gasteiger partial charge < -0.3 is 25.2 Å². The van der Waals surface area contributed by atoms with Crippen molar-refractivity contribution in [1.82, 2.24) is 0 Å². The maximum atomic E-state index is 12.6. The average molecular weight is 455 g/mol. The van der Waals surface area contributed by atoms with Crippen molar-refractivity contribution >= 4 is 5.97 Å². The van der Waals surface area contributed by atoms with E-state index in [1.807, 2.05) is 13.0 Å². The standard InChI is InChI=1S/C27H34O6/c1-14-12-26-15(2)10-19-20(25(19,3)4)18(23(26)30)11-17(22(29)27(26,32)21(14)28)13-33-24(31)16-8-6-5-7-9-16/h5-9,11-12,15,18-23,28-30,32H,10,13H2,1-4H3/t15-,18+,19-,20+,21+,22-,23?,26+,27-/m1/s1. The Morgan fingerprint density at radius 3 is 2.45 bits per heavy atom. The number of carbonyl (C=O) groups excluding carboxylic acids is 1. The van der Waals surface area contributed by atoms with E-state index in [0.29, 0.717) is 22.6 Å². The molecule has 0 saturated heterocycles. The molecule has 9 atom stereocenters. The van der Waals surface area contributed by atoms with E-state index < -0.39 is 35.3 Å². The number of aliphatic hydroxyl groups excluding tert-OH is 3. The molecule has 0 aromatic heterocycles. The lowest BCUT2D eigenvalue weighted by Gasteiger charge is -2.51. The van der Waals surface area contributed by atoms with Crippen LogP contribution in [-0.2, 0) is 4.74 Å². The second-order valence-corrected chi connectivity index (χ2v) is 11.2. The fraction of sp³-hybridized carbons (Fsp3) is 0.593. The van der Waals surface area contributed by atoms with E-state index in [-0.39, 0.29) is 29.8 Å². The van der Waals surface area contributed by atoms with E-state index >= 15 is 0 Å². The molecule has 0 heterocycles. The van der Waals surface area contributed by atoms with Gasteiger partial charge in [-0.25, -0.2) is 4.79 Å². The number of esters is 1. The van der Waals surface area contributed by atoms with Crippen LogP contribution in [0.2, 0.25) is 0 Å². The predicted molar refractivity (Wildman–Crippen MR) is 122 cm³/mol. The SMILES string of the molecule is CC1=C[C@]23C(O)[C@@H](C=C(COC(=O)c4ccccc4)[C@@H](O)[C@]2(O)[C@H]1O)[C@H]1[C@@H](C[C@H]3C)C1(C)C. The molecule has 1 spiro atoms. The topological polar surface area (TPSA) is 107 Å². The lowest BCUT2D eigenvalue weighted by atomic mass is 9.58. The molecule has 4 aliphatic rings. The number of hydrogen-bond donors (Lipinski definition) is 4. The highest BCUT2D eigenvalue weighted by Crippen LogP contribution is 2.72. The van der Waals surface area contributed by atoms with Crippen LogP contribution in [0.1, 0.15) is 44.5 Å². The van der Waals surface area contributed by atoms with Gasteiger partial charge >= 0.3 is 5.97 Å². The van der Waals surface area contributed by atoms with Crippen LogP contribution >= 0.6 is 0 Å². The van der Waals surface area contributed by atoms with Gasteiger partial charge in [-0.2, -0.15) is 0 Å². The summed E-state index contributed by atoms with van der Waals surface area (Å²) in [5.41, 5.74) is -1.94. The lowest BCUT2D eigenvalue weighted by Crippen LogP contribution is -2.66. The number of fused-ring (bicyclic) bond motifs is 3. The minimum atomic E-state index is -2.02. The van der Waals surface area contributed by atoms with Crippen molar-refractivity contribution < 1.29 is 30.0 Å². The fourth-order valence-electron chi connectivity index (χ4n) is 7.53. The summed E-state index contributed by atoms with van der Waals surface area (Å²) >= 11 is 0. The Balaban J connectivity index is 1.57. The van der Waals surface area contributed by atoms with Crippen LogP contribution in [0, 0.1) is 34.5 Å². The van der Waals surface area contributed by atoms with Crippen molar-refractivity contribution in [2.45, 2.75) is 58.0 Å². The van der Waals surface area contributed by atoms with Gasteiger partial charge in [0.05, 0.1) is 17.1 Å². The molecule has 1 aromatic rings. The highest BCUT2D eigenvalue weighted by atomic mass is 16.5. The molecule has 178 valence electrons. The summed E-state index contributed by atoms with van der Waals surface area (Å²) in [5.74, 6) is -0.497. The number of aliphatic hydroxyl groups is 4. The predicted octanol–water partition coefficient (Wildman–Crippen LogP) is 2.47. The van der Waals surface area contributed by atoms with Gasteiger partial charge in [0.25, 0.3) is 0 Å². The molecular weight excluding hydrogens is 420 g/mol. The molecule has 2 saturated carbocycles. The van der Waals surface area contributed by atoms with Gasteiger partial charge in [0.15, 0.2) is 0 Å². The summed E-state index contributed by atoms with van der Waals surface area (Å²) < 4.78 is 5.53. The minimum Gasteiger partial charge on any atom is -0.457 e. The van der Waals surface area contributed by atoms with Crippen LogP contribution in [0.25, 0.3) is 0 Å². The molecule has 2 bridgehead atoms. The third-order valence-electron chi connectivity index (χ3n) is 9.39. The van der Waals surface area contributed by atoms with E-state index in [0.717, 1.165) is 6.42 Å². The zero-order valence-corrected chi connectivity index (χ0v) is 19.6. The van der Waals surface area contributed by atoms with Crippen LogP contribution in [0.4, 0.5) is 0 Å². The second kappa shape index (κ2) is 7.25. The molecule has 4 N–H and O–H groups in total. The van der Waals surface area contributed by atoms with Gasteiger partial charge in [-0.05, 0) is 59.8 Å². The van der Waals surface area contributed by atoms with Gasteiger partial charge in [0.1, 0.15) is 24.4 Å². The molecule has 33 heavy (non-hydrogen) atoms. The Hall–Kier alpha value is -1.99. The Kier molecular flexibility index (Phi) is 5.01. The third kappa shape index (κ3) is 2.84. The second-order valence-electron chi connectivity index (χ2n) is 11.2. The fourth-order valence-corrected chi connectivity index (χ4v) is 7.53. The number of rotatable bonds is 3. The van der Waals surface area contributed by atoms with E-state index in [1.54, 1.807) is 43.3 Å². The van der Waals surface area contributed by atoms with Crippen molar-refractivity contribution in [3.63, 3.8) is 0 Å². The van der Waals surface area contributed by atoms with Crippen LogP contribution in [-0.4, -0.2) is 56.9 Å². The first-order chi connectivity index (χ1) is 15.5. The smallest absolute Gasteiger partial charge is 0.338 e. The van der Waals surface area contributed by atoms with Crippen molar-refractivity contribution in [3.05, 3.63) is 59.2 Å². The largest absolute Gasteiger partial charge is 0.457 e. The molecule has 2 fully saturated rings. The maximum absolute atomic E-state index is 12.6. The molecular formula is C27H34O6. The maximum Gasteiger partial charge on any atom is 0.338 e. The first-order valence-corrected chi connectivity index (χ1v) is 11.9. The molecule has 6 heteroatoms. The number of hydrogen-bond acceptors (Lipinski definition) is 6. The van der Waals surface area contributed by atoms with Crippen LogP contribution in [0.15, 0.2) is 53.6 Å². The normalized spacial score (nSPS) is 45.0. The van der Waals surface area contributed by atoms with Crippen molar-refractivity contribution in [3.8, 4) is 0 Å². The summed E-state index contributed by atoms with van der Waals surface area (Å²) in [6.07, 6.45) is 0.588. The van der Waals surface area contributed by atoms with Gasteiger partial charge in [-0.1, -0.05) is 51.1 Å². The van der Waals surface area contributed by atoms with Crippen LogP contribution in [0.3, 0.4) is 0 Å². The third-order valence-corrected chi connectivity index (χ3v) is 9.39. The minimum absolute atomic E-state index is 0.0211. The summed E-state index contributed by atoms with van der Waals surface area (Å²) in [7, 11) is 0. The number of carbonyl (C=O) groups is 1. The van der Waals surface area contributed by atoms with E-state index in [2.05, 4.69) is 13.8 Å². The number of benzene rings is 1. The Labute approximate surface area is 194 Å². The zero-order valence-electron chi connectivity index (χ0n) is 19.6. The summed E-state index contributed by atoms with van der Waals surface area (Å²) in [4.78, 5) is 12.6. The highest BCUT2D eigenvalue weighted by Gasteiger charge is 2.75. The molecule has 5 rings (SSSR count). The average Bonchev–Trinajstić information content (AvgIpc) is 3.29. The Bertz CT molecular complexity index is 1030. The first kappa shape index (κ1) is 22.8. The molecule has 4 aliphatic carbocycles. The molecule has 1 aromatic carbocycles. The van der Waals surface area contributed by atoms with E-state index in [9.17, 15) is 25.2 Å². The van der Waals surface area contributed by atoms with Crippen molar-refractivity contribution in [2.24, 2.45) is 34.5 Å². The Morgan fingerprint density at radius 1 is 1.12 bits per heavy atom. The molecule has 1 unspecified atom stereocenters. The Morgan fingerprint density at radius 2 is 1.79 bits per heavy atom. The lowest BCUT2D eigenvalue weighted by molar-refractivity contribution is -0.215. The van der Waals surface area contributed by atoms with Crippen molar-refractivity contribution in [2.75, 3.05) is 6.61 Å². The molecule has 0 amide bonds.